The Kier molecular flexibility index (Phi) is 5.82. The molecule has 10 heteroatoms. The lowest BCUT2D eigenvalue weighted by atomic mass is 9.99. The number of hydrogen-bond acceptors (Lipinski definition) is 6. The van der Waals surface area contributed by atoms with Crippen molar-refractivity contribution in [3.8, 4) is 0 Å². The monoisotopic (exact) mass is 450 g/mol. The van der Waals surface area contributed by atoms with Crippen LogP contribution in [-0.4, -0.2) is 40.5 Å². The summed E-state index contributed by atoms with van der Waals surface area (Å²) in [6, 6.07) is 12.2. The molecule has 1 amide bonds. The predicted octanol–water partition coefficient (Wildman–Crippen LogP) is 3.06. The minimum atomic E-state index is -3.76. The van der Waals surface area contributed by atoms with Crippen LogP contribution in [0.1, 0.15) is 18.4 Å². The van der Waals surface area contributed by atoms with Crippen molar-refractivity contribution in [2.24, 2.45) is 5.92 Å². The van der Waals surface area contributed by atoms with E-state index in [0.29, 0.717) is 42.0 Å². The van der Waals surface area contributed by atoms with Gasteiger partial charge >= 0.3 is 0 Å². The van der Waals surface area contributed by atoms with Crippen molar-refractivity contribution in [2.75, 3.05) is 13.1 Å². The van der Waals surface area contributed by atoms with Crippen LogP contribution in [0.5, 0.6) is 0 Å². The normalized spacial score (nSPS) is 18.0. The second kappa shape index (κ2) is 8.35. The first-order valence-electron chi connectivity index (χ1n) is 9.19. The summed E-state index contributed by atoms with van der Waals surface area (Å²) in [4.78, 5) is 12.8. The molecular weight excluding hydrogens is 432 g/mol. The lowest BCUT2D eigenvalue weighted by Gasteiger charge is -2.31. The van der Waals surface area contributed by atoms with Gasteiger partial charge in [-0.05, 0) is 42.7 Å². The van der Waals surface area contributed by atoms with Crippen LogP contribution >= 0.6 is 23.3 Å². The van der Waals surface area contributed by atoms with Gasteiger partial charge in [-0.1, -0.05) is 29.8 Å². The summed E-state index contributed by atoms with van der Waals surface area (Å²) < 4.78 is 36.0. The Hall–Kier alpha value is -2.07. The number of nitrogens with one attached hydrogen (secondary N) is 1. The van der Waals surface area contributed by atoms with E-state index in [1.54, 1.807) is 30.3 Å². The highest BCUT2D eigenvalue weighted by molar-refractivity contribution is 7.89. The molecule has 1 saturated heterocycles. The zero-order valence-electron chi connectivity index (χ0n) is 15.4. The molecule has 1 unspecified atom stereocenters. The molecular formula is C19H19ClN4O3S2. The molecule has 1 fully saturated rings. The number of sulfonamides is 1. The van der Waals surface area contributed by atoms with Crippen molar-refractivity contribution in [3.05, 3.63) is 53.1 Å². The summed E-state index contributed by atoms with van der Waals surface area (Å²) in [7, 11) is -3.76. The van der Waals surface area contributed by atoms with Crippen molar-refractivity contribution < 1.29 is 13.2 Å². The summed E-state index contributed by atoms with van der Waals surface area (Å²) in [5, 5.41) is 3.50. The Morgan fingerprint density at radius 2 is 2.07 bits per heavy atom. The summed E-state index contributed by atoms with van der Waals surface area (Å²) in [6.07, 6.45) is 1.27. The van der Waals surface area contributed by atoms with Gasteiger partial charge in [-0.3, -0.25) is 4.79 Å². The highest BCUT2D eigenvalue weighted by Gasteiger charge is 2.34. The fourth-order valence-electron chi connectivity index (χ4n) is 3.48. The Morgan fingerprint density at radius 3 is 2.90 bits per heavy atom. The minimum absolute atomic E-state index is 0.142. The molecule has 2 heterocycles. The fourth-order valence-corrected chi connectivity index (χ4v) is 5.97. The average Bonchev–Trinajstić information content (AvgIpc) is 3.21. The van der Waals surface area contributed by atoms with E-state index < -0.39 is 15.9 Å². The molecule has 2 aromatic carbocycles. The highest BCUT2D eigenvalue weighted by Crippen LogP contribution is 2.28. The molecule has 0 saturated carbocycles. The van der Waals surface area contributed by atoms with Crippen molar-refractivity contribution in [3.63, 3.8) is 0 Å². The number of benzene rings is 2. The van der Waals surface area contributed by atoms with E-state index in [2.05, 4.69) is 14.1 Å². The van der Waals surface area contributed by atoms with E-state index in [9.17, 15) is 13.2 Å². The van der Waals surface area contributed by atoms with Gasteiger partial charge < -0.3 is 5.32 Å². The third kappa shape index (κ3) is 4.28. The first kappa shape index (κ1) is 20.2. The minimum Gasteiger partial charge on any atom is -0.352 e. The number of hydrogen-bond donors (Lipinski definition) is 1. The van der Waals surface area contributed by atoms with Crippen LogP contribution in [0.15, 0.2) is 47.4 Å². The molecule has 0 bridgehead atoms. The quantitative estimate of drug-likeness (QED) is 0.644. The molecule has 152 valence electrons. The van der Waals surface area contributed by atoms with Crippen LogP contribution in [0.3, 0.4) is 0 Å². The number of nitrogens with zero attached hydrogens (tertiary/aromatic N) is 3. The molecule has 4 rings (SSSR count). The molecule has 0 spiro atoms. The number of fused-ring (bicyclic) bond motifs is 1. The van der Waals surface area contributed by atoms with Crippen LogP contribution in [0.25, 0.3) is 11.0 Å². The first-order valence-corrected chi connectivity index (χ1v) is 11.7. The molecule has 1 N–H and O–H groups in total. The number of rotatable bonds is 5. The van der Waals surface area contributed by atoms with Crippen LogP contribution in [0.4, 0.5) is 0 Å². The topological polar surface area (TPSA) is 92.3 Å². The van der Waals surface area contributed by atoms with E-state index in [1.807, 2.05) is 12.1 Å². The number of aromatic nitrogens is 2. The van der Waals surface area contributed by atoms with E-state index in [-0.39, 0.29) is 17.3 Å². The highest BCUT2D eigenvalue weighted by atomic mass is 35.5. The summed E-state index contributed by atoms with van der Waals surface area (Å²) in [6.45, 7) is 0.887. The van der Waals surface area contributed by atoms with Gasteiger partial charge in [0.25, 0.3) is 0 Å². The molecule has 3 aromatic rings. The molecule has 1 atom stereocenters. The molecule has 1 aliphatic heterocycles. The van der Waals surface area contributed by atoms with Gasteiger partial charge in [-0.15, -0.1) is 0 Å². The van der Waals surface area contributed by atoms with E-state index in [4.69, 9.17) is 11.6 Å². The zero-order chi connectivity index (χ0) is 20.4. The molecule has 1 aliphatic rings. The first-order chi connectivity index (χ1) is 13.9. The van der Waals surface area contributed by atoms with Crippen molar-refractivity contribution >= 4 is 50.3 Å². The second-order valence-electron chi connectivity index (χ2n) is 6.94. The Labute approximate surface area is 178 Å². The van der Waals surface area contributed by atoms with Gasteiger partial charge in [0.05, 0.1) is 17.6 Å². The van der Waals surface area contributed by atoms with Gasteiger partial charge in [-0.2, -0.15) is 13.1 Å². The number of halogens is 1. The number of carbonyl (C=O) groups is 1. The smallest absolute Gasteiger partial charge is 0.245 e. The Morgan fingerprint density at radius 1 is 1.24 bits per heavy atom. The third-order valence-electron chi connectivity index (χ3n) is 4.98. The van der Waals surface area contributed by atoms with Crippen molar-refractivity contribution in [1.29, 1.82) is 0 Å². The van der Waals surface area contributed by atoms with Crippen molar-refractivity contribution in [1.82, 2.24) is 18.4 Å². The Bertz CT molecular complexity index is 1150. The van der Waals surface area contributed by atoms with Gasteiger partial charge in [0.1, 0.15) is 15.9 Å². The lowest BCUT2D eigenvalue weighted by Crippen LogP contribution is -2.45. The van der Waals surface area contributed by atoms with Crippen LogP contribution in [-0.2, 0) is 21.4 Å². The summed E-state index contributed by atoms with van der Waals surface area (Å²) in [5.41, 5.74) is 1.84. The third-order valence-corrected chi connectivity index (χ3v) is 7.65. The number of amides is 1. The van der Waals surface area contributed by atoms with E-state index in [1.165, 1.54) is 4.31 Å². The zero-order valence-corrected chi connectivity index (χ0v) is 17.8. The molecule has 0 radical (unpaired) electrons. The maximum Gasteiger partial charge on any atom is 0.245 e. The standard InChI is InChI=1S/C19H19ClN4O3S2/c20-15-6-1-4-13(10-15)11-21-19(25)14-5-3-9-24(12-14)29(26,27)17-8-2-7-16-18(17)23-28-22-16/h1-2,4,6-8,10,14H,3,5,9,11-12H2,(H,21,25). The van der Waals surface area contributed by atoms with Crippen molar-refractivity contribution in [2.45, 2.75) is 24.3 Å². The van der Waals surface area contributed by atoms with Gasteiger partial charge in [0.15, 0.2) is 0 Å². The largest absolute Gasteiger partial charge is 0.352 e. The van der Waals surface area contributed by atoms with Crippen LogP contribution in [0.2, 0.25) is 5.02 Å². The number of piperidine rings is 1. The molecule has 0 aliphatic carbocycles. The van der Waals surface area contributed by atoms with Crippen LogP contribution in [0, 0.1) is 5.92 Å². The summed E-state index contributed by atoms with van der Waals surface area (Å²) >= 11 is 6.96. The van der Waals surface area contributed by atoms with E-state index in [0.717, 1.165) is 17.3 Å². The molecule has 29 heavy (non-hydrogen) atoms. The fraction of sp³-hybridized carbons (Fsp3) is 0.316. The maximum atomic E-state index is 13.2. The average molecular weight is 451 g/mol. The lowest BCUT2D eigenvalue weighted by molar-refractivity contribution is -0.126. The van der Waals surface area contributed by atoms with E-state index >= 15 is 0 Å². The van der Waals surface area contributed by atoms with Gasteiger partial charge in [-0.25, -0.2) is 8.42 Å². The SMILES string of the molecule is O=C(NCc1cccc(Cl)c1)C1CCCN(S(=O)(=O)c2cccc3nsnc23)C1. The van der Waals surface area contributed by atoms with Crippen LogP contribution < -0.4 is 5.32 Å². The Balaban J connectivity index is 1.47. The predicted molar refractivity (Wildman–Crippen MR) is 112 cm³/mol. The second-order valence-corrected chi connectivity index (χ2v) is 9.81. The summed E-state index contributed by atoms with van der Waals surface area (Å²) in [5.74, 6) is -0.552. The number of carbonyl (C=O) groups excluding carboxylic acids is 1. The molecule has 7 nitrogen and oxygen atoms in total. The maximum absolute atomic E-state index is 13.2. The van der Waals surface area contributed by atoms with Gasteiger partial charge in [0.2, 0.25) is 15.9 Å². The van der Waals surface area contributed by atoms with Gasteiger partial charge in [0, 0.05) is 24.7 Å². The molecule has 1 aromatic heterocycles.